The van der Waals surface area contributed by atoms with Gasteiger partial charge in [-0.1, -0.05) is 0 Å². The van der Waals surface area contributed by atoms with E-state index in [1.165, 1.54) is 0 Å². The summed E-state index contributed by atoms with van der Waals surface area (Å²) in [7, 11) is 1.70. The number of nitrogens with zero attached hydrogens (tertiary/aromatic N) is 6. The van der Waals surface area contributed by atoms with Gasteiger partial charge in [0.1, 0.15) is 5.82 Å². The number of carbonyl (C=O) groups excluding carboxylic acids is 1. The van der Waals surface area contributed by atoms with E-state index >= 15 is 0 Å². The third-order valence-electron chi connectivity index (χ3n) is 7.20. The molecule has 1 N–H and O–H groups in total. The molecular weight excluding hydrogens is 466 g/mol. The number of amides is 1. The lowest BCUT2D eigenvalue weighted by atomic mass is 9.97. The fourth-order valence-electron chi connectivity index (χ4n) is 5.34. The number of benzene rings is 1. The highest BCUT2D eigenvalue weighted by atomic mass is 19.2. The van der Waals surface area contributed by atoms with Crippen LogP contribution in [0.2, 0.25) is 0 Å². The van der Waals surface area contributed by atoms with Gasteiger partial charge in [0.2, 0.25) is 0 Å². The topological polar surface area (TPSA) is 86.3 Å². The molecule has 190 valence electrons. The Bertz CT molecular complexity index is 1340. The highest BCUT2D eigenvalue weighted by Crippen LogP contribution is 2.33. The highest BCUT2D eigenvalue weighted by molar-refractivity contribution is 5.96. The molecule has 4 heterocycles. The third kappa shape index (κ3) is 4.34. The van der Waals surface area contributed by atoms with Gasteiger partial charge < -0.3 is 19.9 Å². The number of hydrogen-bond acceptors (Lipinski definition) is 6. The molecule has 0 saturated carbocycles. The van der Waals surface area contributed by atoms with Gasteiger partial charge in [-0.05, 0) is 50.8 Å². The van der Waals surface area contributed by atoms with Crippen LogP contribution in [0.4, 0.5) is 14.6 Å². The minimum atomic E-state index is -1.03. The third-order valence-corrected chi connectivity index (χ3v) is 7.20. The van der Waals surface area contributed by atoms with E-state index in [2.05, 4.69) is 9.89 Å². The number of aliphatic hydroxyl groups is 1. The molecule has 2 fully saturated rings. The first-order valence-corrected chi connectivity index (χ1v) is 12.3. The lowest BCUT2D eigenvalue weighted by Crippen LogP contribution is -2.39. The zero-order valence-electron chi connectivity index (χ0n) is 20.7. The molecule has 10 heteroatoms. The van der Waals surface area contributed by atoms with Crippen molar-refractivity contribution >= 4 is 23.6 Å². The Labute approximate surface area is 208 Å². The second-order valence-electron chi connectivity index (χ2n) is 9.75. The zero-order valence-corrected chi connectivity index (χ0v) is 20.7. The van der Waals surface area contributed by atoms with Gasteiger partial charge in [0.05, 0.1) is 17.8 Å². The molecule has 2 aliphatic heterocycles. The Kier molecular flexibility index (Phi) is 6.46. The predicted octanol–water partition coefficient (Wildman–Crippen LogP) is 3.49. The van der Waals surface area contributed by atoms with Crippen molar-refractivity contribution in [2.75, 3.05) is 31.6 Å². The van der Waals surface area contributed by atoms with Crippen LogP contribution in [-0.2, 0) is 0 Å². The van der Waals surface area contributed by atoms with Crippen LogP contribution in [-0.4, -0.2) is 69.5 Å². The number of aromatic nitrogens is 3. The van der Waals surface area contributed by atoms with Crippen molar-refractivity contribution in [3.8, 4) is 0 Å². The van der Waals surface area contributed by atoms with Crippen LogP contribution in [0.5, 0.6) is 0 Å². The van der Waals surface area contributed by atoms with Crippen LogP contribution in [0.25, 0.3) is 5.65 Å². The summed E-state index contributed by atoms with van der Waals surface area (Å²) in [6.45, 7) is 5.18. The number of hydrogen-bond donors (Lipinski definition) is 1. The summed E-state index contributed by atoms with van der Waals surface area (Å²) in [5.41, 5.74) is 2.85. The Balaban J connectivity index is 1.46. The van der Waals surface area contributed by atoms with Crippen molar-refractivity contribution in [2.45, 2.75) is 45.3 Å². The number of anilines is 1. The fourth-order valence-corrected chi connectivity index (χ4v) is 5.34. The summed E-state index contributed by atoms with van der Waals surface area (Å²) < 4.78 is 29.3. The molecule has 8 nitrogen and oxygen atoms in total. The highest BCUT2D eigenvalue weighted by Gasteiger charge is 2.34. The van der Waals surface area contributed by atoms with Crippen LogP contribution in [0.15, 0.2) is 29.4 Å². The van der Waals surface area contributed by atoms with E-state index in [0.29, 0.717) is 36.5 Å². The quantitative estimate of drug-likeness (QED) is 0.559. The SMILES string of the molecule is CN=C[C@@H]1CN(c2nc3cc([C@@H]4CCCCN4C(=O)c4cc(F)c(F)cc4C)nn3cc2C)C[C@@H]1O. The Morgan fingerprint density at radius 3 is 2.69 bits per heavy atom. The van der Waals surface area contributed by atoms with E-state index in [1.54, 1.807) is 29.6 Å². The summed E-state index contributed by atoms with van der Waals surface area (Å²) in [6, 6.07) is 3.64. The molecule has 0 radical (unpaired) electrons. The minimum Gasteiger partial charge on any atom is -0.391 e. The molecule has 1 aromatic carbocycles. The van der Waals surface area contributed by atoms with Gasteiger partial charge in [-0.15, -0.1) is 0 Å². The Morgan fingerprint density at radius 1 is 1.14 bits per heavy atom. The Morgan fingerprint density at radius 2 is 1.92 bits per heavy atom. The van der Waals surface area contributed by atoms with Gasteiger partial charge in [0.25, 0.3) is 5.91 Å². The maximum Gasteiger partial charge on any atom is 0.254 e. The predicted molar refractivity (Wildman–Crippen MR) is 133 cm³/mol. The molecule has 3 aromatic rings. The van der Waals surface area contributed by atoms with Gasteiger partial charge >= 0.3 is 0 Å². The molecule has 2 aliphatic rings. The number of aliphatic hydroxyl groups excluding tert-OH is 1. The lowest BCUT2D eigenvalue weighted by Gasteiger charge is -2.35. The molecule has 36 heavy (non-hydrogen) atoms. The second-order valence-corrected chi connectivity index (χ2v) is 9.75. The average molecular weight is 497 g/mol. The van der Waals surface area contributed by atoms with Gasteiger partial charge in [0.15, 0.2) is 17.3 Å². The minimum absolute atomic E-state index is 0.0468. The summed E-state index contributed by atoms with van der Waals surface area (Å²) >= 11 is 0. The molecule has 0 aliphatic carbocycles. The van der Waals surface area contributed by atoms with Crippen LogP contribution < -0.4 is 4.90 Å². The first kappa shape index (κ1) is 24.3. The van der Waals surface area contributed by atoms with Crippen molar-refractivity contribution in [1.29, 1.82) is 0 Å². The Hall–Kier alpha value is -3.40. The number of rotatable bonds is 4. The molecule has 2 saturated heterocycles. The van der Waals surface area contributed by atoms with Crippen molar-refractivity contribution in [1.82, 2.24) is 19.5 Å². The first-order chi connectivity index (χ1) is 17.3. The smallest absolute Gasteiger partial charge is 0.254 e. The van der Waals surface area contributed by atoms with Crippen LogP contribution in [0.3, 0.4) is 0 Å². The number of piperidine rings is 1. The number of β-amino-alcohol motifs (C(OH)–C–C–N with tert-alkyl or cyclic N) is 1. The number of carbonyl (C=O) groups is 1. The second kappa shape index (κ2) is 9.57. The van der Waals surface area contributed by atoms with Crippen LogP contribution in [0.1, 0.15) is 52.5 Å². The monoisotopic (exact) mass is 496 g/mol. The number of fused-ring (bicyclic) bond motifs is 1. The zero-order chi connectivity index (χ0) is 25.6. The van der Waals surface area contributed by atoms with Crippen LogP contribution in [0, 0.1) is 31.4 Å². The molecule has 3 atom stereocenters. The number of halogens is 2. The molecule has 1 amide bonds. The molecular formula is C26H30F2N6O2. The summed E-state index contributed by atoms with van der Waals surface area (Å²) in [5.74, 6) is -1.58. The maximum absolute atomic E-state index is 13.9. The summed E-state index contributed by atoms with van der Waals surface area (Å²) in [6.07, 6.45) is 5.67. The maximum atomic E-state index is 13.9. The van der Waals surface area contributed by atoms with Gasteiger partial charge in [-0.3, -0.25) is 4.79 Å². The number of aliphatic imine (C=N–C) groups is 1. The van der Waals surface area contributed by atoms with Crippen LogP contribution >= 0.6 is 0 Å². The van der Waals surface area contributed by atoms with Crippen molar-refractivity contribution in [2.24, 2.45) is 10.9 Å². The lowest BCUT2D eigenvalue weighted by molar-refractivity contribution is 0.0604. The van der Waals surface area contributed by atoms with Crippen molar-refractivity contribution in [3.63, 3.8) is 0 Å². The standard InChI is InChI=1S/C26H30F2N6O2/c1-15-8-19(27)20(28)9-18(15)26(36)33-7-5-4-6-22(33)21-10-24-30-25(16(2)12-34(24)31-21)32-13-17(11-29-3)23(35)14-32/h8-12,17,22-23,35H,4-7,13-14H2,1-3H3/t17-,22+,23+/m1/s1. The van der Waals surface area contributed by atoms with E-state index in [9.17, 15) is 18.7 Å². The average Bonchev–Trinajstić information content (AvgIpc) is 3.43. The normalized spacial score (nSPS) is 22.8. The number of likely N-dealkylation sites (tertiary alicyclic amines) is 1. The molecule has 0 bridgehead atoms. The fraction of sp³-hybridized carbons (Fsp3) is 0.462. The first-order valence-electron chi connectivity index (χ1n) is 12.3. The van der Waals surface area contributed by atoms with Gasteiger partial charge in [0, 0.05) is 62.2 Å². The molecule has 5 rings (SSSR count). The summed E-state index contributed by atoms with van der Waals surface area (Å²) in [5, 5.41) is 15.1. The largest absolute Gasteiger partial charge is 0.391 e. The van der Waals surface area contributed by atoms with E-state index in [1.807, 2.05) is 19.2 Å². The number of aryl methyl sites for hydroxylation is 2. The van der Waals surface area contributed by atoms with Crippen molar-refractivity contribution in [3.05, 3.63) is 58.4 Å². The van der Waals surface area contributed by atoms with Gasteiger partial charge in [-0.2, -0.15) is 5.10 Å². The van der Waals surface area contributed by atoms with Gasteiger partial charge in [-0.25, -0.2) is 18.3 Å². The molecule has 0 unspecified atom stereocenters. The van der Waals surface area contributed by atoms with E-state index < -0.39 is 17.7 Å². The molecule has 0 spiro atoms. The molecule has 2 aromatic heterocycles. The van der Waals surface area contributed by atoms with E-state index in [-0.39, 0.29) is 23.4 Å². The van der Waals surface area contributed by atoms with E-state index in [0.717, 1.165) is 42.8 Å². The van der Waals surface area contributed by atoms with Crippen molar-refractivity contribution < 1.29 is 18.7 Å². The summed E-state index contributed by atoms with van der Waals surface area (Å²) in [4.78, 5) is 26.1. The van der Waals surface area contributed by atoms with E-state index in [4.69, 9.17) is 10.1 Å².